The third kappa shape index (κ3) is 4.82. The van der Waals surface area contributed by atoms with Gasteiger partial charge in [-0.05, 0) is 30.3 Å². The Bertz CT molecular complexity index is 958. The minimum Gasteiger partial charge on any atom is -0.497 e. The molecule has 3 aromatic rings. The van der Waals surface area contributed by atoms with Gasteiger partial charge < -0.3 is 14.5 Å². The van der Waals surface area contributed by atoms with Crippen LogP contribution in [0.5, 0.6) is 5.75 Å². The summed E-state index contributed by atoms with van der Waals surface area (Å²) in [5, 5.41) is 21.4. The molecule has 1 heterocycles. The van der Waals surface area contributed by atoms with E-state index in [9.17, 15) is 14.9 Å². The highest BCUT2D eigenvalue weighted by Gasteiger charge is 2.12. The first-order chi connectivity index (χ1) is 13.0. The lowest BCUT2D eigenvalue weighted by atomic mass is 10.2. The van der Waals surface area contributed by atoms with Gasteiger partial charge in [0.1, 0.15) is 5.75 Å². The van der Waals surface area contributed by atoms with Gasteiger partial charge in [0.15, 0.2) is 0 Å². The molecule has 0 bridgehead atoms. The van der Waals surface area contributed by atoms with Crippen molar-refractivity contribution < 1.29 is 18.9 Å². The number of carbonyl (C=O) groups excluding carboxylic acids is 1. The largest absolute Gasteiger partial charge is 0.497 e. The number of aromatic nitrogens is 2. The lowest BCUT2D eigenvalue weighted by Crippen LogP contribution is -2.14. The van der Waals surface area contributed by atoms with Crippen LogP contribution in [0.1, 0.15) is 0 Å². The van der Waals surface area contributed by atoms with Crippen molar-refractivity contribution in [2.24, 2.45) is 0 Å². The maximum absolute atomic E-state index is 12.0. The minimum absolute atomic E-state index is 0.0208. The van der Waals surface area contributed by atoms with Gasteiger partial charge in [0.05, 0.1) is 17.8 Å². The fourth-order valence-electron chi connectivity index (χ4n) is 2.14. The summed E-state index contributed by atoms with van der Waals surface area (Å²) in [6.07, 6.45) is 0. The summed E-state index contributed by atoms with van der Waals surface area (Å²) in [6, 6.07) is 12.8. The van der Waals surface area contributed by atoms with Gasteiger partial charge in [-0.25, -0.2) is 0 Å². The topological polar surface area (TPSA) is 120 Å². The van der Waals surface area contributed by atoms with Gasteiger partial charge in [-0.15, -0.1) is 10.2 Å². The quantitative estimate of drug-likeness (QED) is 0.373. The van der Waals surface area contributed by atoms with Crippen LogP contribution >= 0.6 is 11.8 Å². The summed E-state index contributed by atoms with van der Waals surface area (Å²) in [7, 11) is 1.58. The van der Waals surface area contributed by atoms with Crippen molar-refractivity contribution in [1.29, 1.82) is 0 Å². The van der Waals surface area contributed by atoms with Crippen LogP contribution in [0.15, 0.2) is 58.2 Å². The van der Waals surface area contributed by atoms with Gasteiger partial charge in [0.25, 0.3) is 10.9 Å². The molecule has 0 unspecified atom stereocenters. The van der Waals surface area contributed by atoms with E-state index in [0.717, 1.165) is 17.3 Å². The van der Waals surface area contributed by atoms with Crippen LogP contribution in [0.3, 0.4) is 0 Å². The molecule has 0 aliphatic rings. The van der Waals surface area contributed by atoms with Crippen molar-refractivity contribution in [3.63, 3.8) is 0 Å². The number of benzene rings is 2. The maximum Gasteiger partial charge on any atom is 0.277 e. The third-order valence-electron chi connectivity index (χ3n) is 3.41. The molecule has 27 heavy (non-hydrogen) atoms. The average molecular weight is 386 g/mol. The summed E-state index contributed by atoms with van der Waals surface area (Å²) in [6.45, 7) is 0. The smallest absolute Gasteiger partial charge is 0.277 e. The average Bonchev–Trinajstić information content (AvgIpc) is 3.16. The van der Waals surface area contributed by atoms with Crippen molar-refractivity contribution in [2.75, 3.05) is 18.2 Å². The number of hydrogen-bond donors (Lipinski definition) is 1. The molecule has 0 fully saturated rings. The Labute approximate surface area is 157 Å². The van der Waals surface area contributed by atoms with E-state index in [4.69, 9.17) is 9.15 Å². The molecule has 2 aromatic carbocycles. The van der Waals surface area contributed by atoms with E-state index in [-0.39, 0.29) is 22.6 Å². The van der Waals surface area contributed by atoms with E-state index in [1.165, 1.54) is 18.2 Å². The SMILES string of the molecule is COc1ccc(-c2nnc(SCC(=O)Nc3cccc([N+](=O)[O-])c3)o2)cc1. The van der Waals surface area contributed by atoms with E-state index in [0.29, 0.717) is 17.3 Å². The molecular weight excluding hydrogens is 372 g/mol. The molecule has 1 aromatic heterocycles. The molecule has 138 valence electrons. The van der Waals surface area contributed by atoms with Crippen LogP contribution in [0.25, 0.3) is 11.5 Å². The van der Waals surface area contributed by atoms with E-state index in [1.54, 1.807) is 37.4 Å². The van der Waals surface area contributed by atoms with Crippen LogP contribution in [0, 0.1) is 10.1 Å². The standard InChI is InChI=1S/C17H14N4O5S/c1-25-14-7-5-11(6-8-14)16-19-20-17(26-16)27-10-15(22)18-12-3-2-4-13(9-12)21(23)24/h2-9H,10H2,1H3,(H,18,22). The van der Waals surface area contributed by atoms with Crippen molar-refractivity contribution >= 4 is 29.0 Å². The Kier molecular flexibility index (Phi) is 5.67. The number of nitrogens with zero attached hydrogens (tertiary/aromatic N) is 3. The first-order valence-corrected chi connectivity index (χ1v) is 8.69. The summed E-state index contributed by atoms with van der Waals surface area (Å²) < 4.78 is 10.6. The number of non-ortho nitro benzene ring substituents is 1. The fourth-order valence-corrected chi connectivity index (χ4v) is 2.70. The molecular formula is C17H14N4O5S. The van der Waals surface area contributed by atoms with Gasteiger partial charge in [0.2, 0.25) is 11.8 Å². The summed E-state index contributed by atoms with van der Waals surface area (Å²) in [5.74, 6) is 0.724. The van der Waals surface area contributed by atoms with Gasteiger partial charge in [-0.1, -0.05) is 17.8 Å². The van der Waals surface area contributed by atoms with Crippen LogP contribution in [-0.4, -0.2) is 33.9 Å². The summed E-state index contributed by atoms with van der Waals surface area (Å²) in [5.41, 5.74) is 0.983. The lowest BCUT2D eigenvalue weighted by Gasteiger charge is -2.03. The van der Waals surface area contributed by atoms with Crippen LogP contribution < -0.4 is 10.1 Å². The van der Waals surface area contributed by atoms with E-state index in [2.05, 4.69) is 15.5 Å². The highest BCUT2D eigenvalue weighted by Crippen LogP contribution is 2.25. The predicted octanol–water partition coefficient (Wildman–Crippen LogP) is 3.38. The van der Waals surface area contributed by atoms with Crippen molar-refractivity contribution in [2.45, 2.75) is 5.22 Å². The van der Waals surface area contributed by atoms with Crippen molar-refractivity contribution in [3.05, 3.63) is 58.6 Å². The molecule has 0 radical (unpaired) electrons. The van der Waals surface area contributed by atoms with Crippen molar-refractivity contribution in [1.82, 2.24) is 10.2 Å². The molecule has 9 nitrogen and oxygen atoms in total. The van der Waals surface area contributed by atoms with Gasteiger partial charge in [-0.3, -0.25) is 14.9 Å². The third-order valence-corrected chi connectivity index (χ3v) is 4.23. The molecule has 0 spiro atoms. The molecule has 0 aliphatic heterocycles. The minimum atomic E-state index is -0.524. The van der Waals surface area contributed by atoms with Crippen LogP contribution in [-0.2, 0) is 4.79 Å². The highest BCUT2D eigenvalue weighted by atomic mass is 32.2. The number of thioether (sulfide) groups is 1. The number of hydrogen-bond acceptors (Lipinski definition) is 8. The Morgan fingerprint density at radius 2 is 2.04 bits per heavy atom. The molecule has 1 N–H and O–H groups in total. The molecule has 10 heteroatoms. The zero-order valence-electron chi connectivity index (χ0n) is 14.1. The van der Waals surface area contributed by atoms with E-state index < -0.39 is 4.92 Å². The predicted molar refractivity (Wildman–Crippen MR) is 98.7 cm³/mol. The van der Waals surface area contributed by atoms with Crippen LogP contribution in [0.4, 0.5) is 11.4 Å². The number of nitro benzene ring substituents is 1. The second-order valence-electron chi connectivity index (χ2n) is 5.25. The van der Waals surface area contributed by atoms with E-state index >= 15 is 0 Å². The molecule has 0 saturated heterocycles. The number of ether oxygens (including phenoxy) is 1. The number of anilines is 1. The Morgan fingerprint density at radius 1 is 1.26 bits per heavy atom. The normalized spacial score (nSPS) is 10.4. The number of nitrogens with one attached hydrogen (secondary N) is 1. The Hall–Kier alpha value is -3.40. The highest BCUT2D eigenvalue weighted by molar-refractivity contribution is 7.99. The number of nitro groups is 1. The van der Waals surface area contributed by atoms with E-state index in [1.807, 2.05) is 0 Å². The number of carbonyl (C=O) groups is 1. The Morgan fingerprint density at radius 3 is 2.74 bits per heavy atom. The van der Waals surface area contributed by atoms with Gasteiger partial charge in [-0.2, -0.15) is 0 Å². The van der Waals surface area contributed by atoms with Gasteiger partial charge in [0, 0.05) is 23.4 Å². The second-order valence-corrected chi connectivity index (χ2v) is 6.17. The first kappa shape index (κ1) is 18.4. The van der Waals surface area contributed by atoms with Crippen LogP contribution in [0.2, 0.25) is 0 Å². The molecule has 0 aliphatic carbocycles. The number of rotatable bonds is 7. The maximum atomic E-state index is 12.0. The first-order valence-electron chi connectivity index (χ1n) is 7.70. The second kappa shape index (κ2) is 8.32. The Balaban J connectivity index is 1.57. The molecule has 0 saturated carbocycles. The summed E-state index contributed by atoms with van der Waals surface area (Å²) >= 11 is 1.07. The zero-order chi connectivity index (χ0) is 19.2. The van der Waals surface area contributed by atoms with Gasteiger partial charge >= 0.3 is 0 Å². The van der Waals surface area contributed by atoms with Crippen molar-refractivity contribution in [3.8, 4) is 17.2 Å². The summed E-state index contributed by atoms with van der Waals surface area (Å²) in [4.78, 5) is 22.2. The zero-order valence-corrected chi connectivity index (χ0v) is 14.9. The molecule has 1 amide bonds. The fraction of sp³-hybridized carbons (Fsp3) is 0.118. The number of amides is 1. The lowest BCUT2D eigenvalue weighted by molar-refractivity contribution is -0.384. The monoisotopic (exact) mass is 386 g/mol. The molecule has 3 rings (SSSR count). The number of methoxy groups -OCH3 is 1. The molecule has 0 atom stereocenters.